The Morgan fingerprint density at radius 3 is 2.58 bits per heavy atom. The van der Waals surface area contributed by atoms with E-state index in [1.807, 2.05) is 54.6 Å². The maximum atomic E-state index is 12.9. The van der Waals surface area contributed by atoms with E-state index in [0.717, 1.165) is 64.6 Å². The van der Waals surface area contributed by atoms with Gasteiger partial charge < -0.3 is 14.6 Å². The van der Waals surface area contributed by atoms with Crippen molar-refractivity contribution in [2.75, 3.05) is 20.1 Å². The van der Waals surface area contributed by atoms with Gasteiger partial charge in [-0.15, -0.1) is 0 Å². The normalized spacial score (nSPS) is 14.9. The summed E-state index contributed by atoms with van der Waals surface area (Å²) in [6.07, 6.45) is 3.56. The smallest absolute Gasteiger partial charge is 0.291 e. The lowest BCUT2D eigenvalue weighted by Crippen LogP contribution is -2.36. The largest absolute Gasteiger partial charge is 0.485 e. The van der Waals surface area contributed by atoms with E-state index < -0.39 is 0 Å². The average Bonchev–Trinajstić information content (AvgIpc) is 2.90. The first-order valence-electron chi connectivity index (χ1n) is 12.1. The lowest BCUT2D eigenvalue weighted by atomic mass is 9.97. The fourth-order valence-electron chi connectivity index (χ4n) is 4.82. The van der Waals surface area contributed by atoms with Crippen LogP contribution in [0.3, 0.4) is 0 Å². The fourth-order valence-corrected chi connectivity index (χ4v) is 5.10. The lowest BCUT2D eigenvalue weighted by Gasteiger charge is -2.29. The van der Waals surface area contributed by atoms with Gasteiger partial charge in [-0.05, 0) is 55.8 Å². The van der Waals surface area contributed by atoms with Crippen LogP contribution in [0.1, 0.15) is 12.8 Å². The molecule has 0 bridgehead atoms. The van der Waals surface area contributed by atoms with E-state index >= 15 is 0 Å². The van der Waals surface area contributed by atoms with Crippen LogP contribution >= 0.6 is 11.6 Å². The Hall–Kier alpha value is -3.74. The highest BCUT2D eigenvalue weighted by Gasteiger charge is 2.20. The fraction of sp³-hybridized carbons (Fsp3) is 0.207. The Bertz CT molecular complexity index is 1630. The molecule has 6 nitrogen and oxygen atoms in total. The zero-order chi connectivity index (χ0) is 24.6. The summed E-state index contributed by atoms with van der Waals surface area (Å²) in [7, 11) is 2.10. The molecule has 36 heavy (non-hydrogen) atoms. The summed E-state index contributed by atoms with van der Waals surface area (Å²) in [4.78, 5) is 27.5. The van der Waals surface area contributed by atoms with E-state index in [9.17, 15) is 4.79 Å². The van der Waals surface area contributed by atoms with Crippen molar-refractivity contribution in [2.45, 2.75) is 18.9 Å². The predicted molar refractivity (Wildman–Crippen MR) is 145 cm³/mol. The van der Waals surface area contributed by atoms with Gasteiger partial charge >= 0.3 is 0 Å². The van der Waals surface area contributed by atoms with Crippen LogP contribution in [0.25, 0.3) is 44.3 Å². The minimum absolute atomic E-state index is 0.0302. The zero-order valence-electron chi connectivity index (χ0n) is 19.9. The van der Waals surface area contributed by atoms with Crippen LogP contribution in [-0.2, 0) is 0 Å². The molecule has 0 spiro atoms. The highest BCUT2D eigenvalue weighted by atomic mass is 35.5. The van der Waals surface area contributed by atoms with Crippen LogP contribution in [0, 0.1) is 0 Å². The number of H-pyrrole nitrogens is 1. The molecule has 0 amide bonds. The number of aromatic nitrogens is 3. The molecule has 1 aliphatic heterocycles. The Morgan fingerprint density at radius 2 is 1.78 bits per heavy atom. The third kappa shape index (κ3) is 4.34. The van der Waals surface area contributed by atoms with Gasteiger partial charge in [0.2, 0.25) is 0 Å². The number of hydrogen-bond acceptors (Lipinski definition) is 5. The number of rotatable bonds is 4. The number of ether oxygens (including phenoxy) is 1. The monoisotopic (exact) mass is 496 g/mol. The number of aromatic amines is 1. The summed E-state index contributed by atoms with van der Waals surface area (Å²) in [5, 5.41) is 2.33. The second kappa shape index (κ2) is 9.37. The van der Waals surface area contributed by atoms with E-state index in [1.165, 1.54) is 0 Å². The first-order chi connectivity index (χ1) is 17.5. The number of nitrogens with one attached hydrogen (secondary N) is 1. The molecule has 1 saturated heterocycles. The summed E-state index contributed by atoms with van der Waals surface area (Å²) in [6.45, 7) is 1.92. The second-order valence-electron chi connectivity index (χ2n) is 9.30. The number of benzene rings is 2. The molecular formula is C29H25ClN4O2. The van der Waals surface area contributed by atoms with Gasteiger partial charge in [0, 0.05) is 41.2 Å². The number of pyridine rings is 3. The number of nitrogens with zero attached hydrogens (tertiary/aromatic N) is 3. The maximum Gasteiger partial charge on any atom is 0.291 e. The Labute approximate surface area is 213 Å². The molecule has 7 heteroatoms. The first kappa shape index (κ1) is 22.7. The molecule has 0 radical (unpaired) electrons. The van der Waals surface area contributed by atoms with Gasteiger partial charge in [-0.2, -0.15) is 0 Å². The lowest BCUT2D eigenvalue weighted by molar-refractivity contribution is 0.113. The number of likely N-dealkylation sites (tertiary alicyclic amines) is 1. The van der Waals surface area contributed by atoms with Crippen LogP contribution in [0.15, 0.2) is 77.7 Å². The molecule has 5 aromatic rings. The van der Waals surface area contributed by atoms with Crippen molar-refractivity contribution >= 4 is 33.5 Å². The summed E-state index contributed by atoms with van der Waals surface area (Å²) in [5.74, 6) is 0.331. The summed E-state index contributed by atoms with van der Waals surface area (Å²) >= 11 is 6.64. The molecule has 180 valence electrons. The van der Waals surface area contributed by atoms with Gasteiger partial charge in [0.15, 0.2) is 5.75 Å². The first-order valence-corrected chi connectivity index (χ1v) is 12.5. The predicted octanol–water partition coefficient (Wildman–Crippen LogP) is 5.93. The van der Waals surface area contributed by atoms with Gasteiger partial charge in [0.25, 0.3) is 5.56 Å². The van der Waals surface area contributed by atoms with E-state index in [-0.39, 0.29) is 11.7 Å². The molecule has 1 N–H and O–H groups in total. The maximum absolute atomic E-state index is 12.9. The van der Waals surface area contributed by atoms with Crippen molar-refractivity contribution in [2.24, 2.45) is 0 Å². The molecular weight excluding hydrogens is 472 g/mol. The minimum Gasteiger partial charge on any atom is -0.485 e. The third-order valence-electron chi connectivity index (χ3n) is 6.77. The third-order valence-corrected chi connectivity index (χ3v) is 7.06. The SMILES string of the molecule is CN1CCC(Oc2cc3cc(-c4cc(Cl)c5ncccc5c4)c(-c4ccccc4)nc3[nH]c2=O)CC1. The topological polar surface area (TPSA) is 71.1 Å². The number of hydrogen-bond donors (Lipinski definition) is 1. The molecule has 0 atom stereocenters. The number of fused-ring (bicyclic) bond motifs is 2. The summed E-state index contributed by atoms with van der Waals surface area (Å²) in [5.41, 5.74) is 4.58. The Morgan fingerprint density at radius 1 is 0.972 bits per heavy atom. The van der Waals surface area contributed by atoms with Crippen LogP contribution in [0.5, 0.6) is 5.75 Å². The number of piperidine rings is 1. The second-order valence-corrected chi connectivity index (χ2v) is 9.71. The molecule has 0 aliphatic carbocycles. The highest BCUT2D eigenvalue weighted by molar-refractivity contribution is 6.35. The van der Waals surface area contributed by atoms with E-state index in [2.05, 4.69) is 34.0 Å². The molecule has 6 rings (SSSR count). The van der Waals surface area contributed by atoms with Gasteiger partial charge in [0.05, 0.1) is 16.2 Å². The highest BCUT2D eigenvalue weighted by Crippen LogP contribution is 2.36. The Balaban J connectivity index is 1.51. The molecule has 1 fully saturated rings. The van der Waals surface area contributed by atoms with Crippen molar-refractivity contribution < 1.29 is 4.74 Å². The van der Waals surface area contributed by atoms with Crippen molar-refractivity contribution in [3.8, 4) is 28.1 Å². The molecule has 0 unspecified atom stereocenters. The van der Waals surface area contributed by atoms with Gasteiger partial charge in [-0.3, -0.25) is 9.78 Å². The van der Waals surface area contributed by atoms with Crippen LogP contribution in [-0.4, -0.2) is 46.1 Å². The van der Waals surface area contributed by atoms with Gasteiger partial charge in [-0.1, -0.05) is 48.0 Å². The van der Waals surface area contributed by atoms with Crippen molar-refractivity contribution in [1.29, 1.82) is 0 Å². The molecule has 1 aliphatic rings. The van der Waals surface area contributed by atoms with E-state index in [0.29, 0.717) is 16.4 Å². The Kier molecular flexibility index (Phi) is 5.91. The quantitative estimate of drug-likeness (QED) is 0.334. The zero-order valence-corrected chi connectivity index (χ0v) is 20.6. The number of halogens is 1. The van der Waals surface area contributed by atoms with Crippen molar-refractivity contribution in [3.63, 3.8) is 0 Å². The van der Waals surface area contributed by atoms with Crippen LogP contribution in [0.4, 0.5) is 0 Å². The average molecular weight is 497 g/mol. The van der Waals surface area contributed by atoms with Crippen LogP contribution < -0.4 is 10.3 Å². The van der Waals surface area contributed by atoms with Crippen LogP contribution in [0.2, 0.25) is 5.02 Å². The van der Waals surface area contributed by atoms with Crippen molar-refractivity contribution in [1.82, 2.24) is 19.9 Å². The molecule has 0 saturated carbocycles. The molecule has 4 heterocycles. The van der Waals surface area contributed by atoms with Gasteiger partial charge in [0.1, 0.15) is 11.8 Å². The molecule has 3 aromatic heterocycles. The van der Waals surface area contributed by atoms with Gasteiger partial charge in [-0.25, -0.2) is 4.98 Å². The standard InChI is InChI=1S/C29H25ClN4O2/c1-34-12-9-22(10-13-34)36-25-17-21-15-23(20-14-19-8-5-11-31-27(19)24(30)16-20)26(18-6-3-2-4-7-18)32-28(21)33-29(25)35/h2-8,11,14-17,22H,9-10,12-13H2,1H3,(H,32,33,35). The van der Waals surface area contributed by atoms with E-state index in [4.69, 9.17) is 21.3 Å². The summed E-state index contributed by atoms with van der Waals surface area (Å²) in [6, 6.07) is 21.7. The van der Waals surface area contributed by atoms with Crippen molar-refractivity contribution in [3.05, 3.63) is 88.3 Å². The minimum atomic E-state index is -0.263. The van der Waals surface area contributed by atoms with E-state index in [1.54, 1.807) is 6.20 Å². The summed E-state index contributed by atoms with van der Waals surface area (Å²) < 4.78 is 6.15. The molecule has 2 aromatic carbocycles.